The third-order valence-corrected chi connectivity index (χ3v) is 11.5. The van der Waals surface area contributed by atoms with Crippen LogP contribution in [-0.4, -0.2) is 15.0 Å². The average molecular weight is 681 g/mol. The quantitative estimate of drug-likeness (QED) is 0.181. The van der Waals surface area contributed by atoms with E-state index in [1.165, 1.54) is 37.7 Å². The minimum Gasteiger partial charge on any atom is -0.208 e. The highest BCUT2D eigenvalue weighted by Gasteiger charge is 2.47. The van der Waals surface area contributed by atoms with E-state index in [9.17, 15) is 5.26 Å². The summed E-state index contributed by atoms with van der Waals surface area (Å²) in [6, 6.07) is 61.3. The number of nitriles is 1. The van der Waals surface area contributed by atoms with E-state index in [0.717, 1.165) is 32.5 Å². The van der Waals surface area contributed by atoms with Crippen LogP contribution < -0.4 is 0 Å². The van der Waals surface area contributed by atoms with Gasteiger partial charge in [-0.05, 0) is 57.6 Å². The Labute approximate surface area is 305 Å². The predicted molar refractivity (Wildman–Crippen MR) is 211 cm³/mol. The predicted octanol–water partition coefficient (Wildman–Crippen LogP) is 11.5. The Kier molecular flexibility index (Phi) is 6.92. The minimum absolute atomic E-state index is 0.629. The summed E-state index contributed by atoms with van der Waals surface area (Å²) in [5.41, 5.74) is 9.84. The van der Waals surface area contributed by atoms with Gasteiger partial charge in [0.05, 0.1) is 17.0 Å². The number of aromatic nitrogens is 3. The van der Waals surface area contributed by atoms with Crippen molar-refractivity contribution in [2.75, 3.05) is 0 Å². The van der Waals surface area contributed by atoms with E-state index in [4.69, 9.17) is 15.0 Å². The second-order valence-electron chi connectivity index (χ2n) is 13.0. The largest absolute Gasteiger partial charge is 0.208 e. The smallest absolute Gasteiger partial charge is 0.165 e. The summed E-state index contributed by atoms with van der Waals surface area (Å²) in [6.07, 6.45) is 0. The molecule has 1 unspecified atom stereocenters. The maximum atomic E-state index is 9.79. The summed E-state index contributed by atoms with van der Waals surface area (Å²) in [7, 11) is 0. The van der Waals surface area contributed by atoms with Gasteiger partial charge in [0.1, 0.15) is 0 Å². The lowest BCUT2D eigenvalue weighted by Crippen LogP contribution is -2.28. The van der Waals surface area contributed by atoms with Crippen molar-refractivity contribution >= 4 is 31.5 Å². The van der Waals surface area contributed by atoms with E-state index in [0.29, 0.717) is 23.0 Å². The van der Waals surface area contributed by atoms with E-state index < -0.39 is 5.41 Å². The SMILES string of the molecule is N#Cc1ccc(C2(c3ccccc3)c3ccccc3-c3c2cc(-c2nc(-c4ccccc4)nc(-c4ccccc4)n2)c2sc4ccccc4c32)cc1. The van der Waals surface area contributed by atoms with E-state index in [1.54, 1.807) is 11.3 Å². The molecule has 0 amide bonds. The van der Waals surface area contributed by atoms with Gasteiger partial charge < -0.3 is 0 Å². The van der Waals surface area contributed by atoms with Crippen molar-refractivity contribution in [1.82, 2.24) is 15.0 Å². The van der Waals surface area contributed by atoms with Crippen LogP contribution in [0.5, 0.6) is 0 Å². The number of rotatable bonds is 5. The third-order valence-electron chi connectivity index (χ3n) is 10.2. The Hall–Kier alpha value is -6.74. The van der Waals surface area contributed by atoms with Gasteiger partial charge in [-0.3, -0.25) is 0 Å². The number of hydrogen-bond donors (Lipinski definition) is 0. The standard InChI is InChI=1S/C47H28N4S/c48-29-30-24-26-34(27-25-30)47(33-18-8-3-9-19-33)38-22-12-10-20-35(38)41-39(47)28-37(43-42(41)36-21-11-13-23-40(36)52-43)46-50-44(31-14-4-1-5-15-31)49-45(51-46)32-16-6-2-7-17-32/h1-28H. The number of benzene rings is 7. The maximum Gasteiger partial charge on any atom is 0.165 e. The molecule has 2 aromatic heterocycles. The van der Waals surface area contributed by atoms with Crippen molar-refractivity contribution in [3.63, 3.8) is 0 Å². The second kappa shape index (κ2) is 11.9. The summed E-state index contributed by atoms with van der Waals surface area (Å²) < 4.78 is 2.35. The highest BCUT2D eigenvalue weighted by atomic mass is 32.1. The molecule has 0 fully saturated rings. The van der Waals surface area contributed by atoms with E-state index >= 15 is 0 Å². The summed E-state index contributed by atoms with van der Waals surface area (Å²) in [4.78, 5) is 15.5. The Balaban J connectivity index is 1.38. The first-order valence-corrected chi connectivity index (χ1v) is 18.1. The molecule has 2 heterocycles. The van der Waals surface area contributed by atoms with Crippen LogP contribution >= 0.6 is 11.3 Å². The molecule has 0 saturated heterocycles. The first-order chi connectivity index (χ1) is 25.7. The van der Waals surface area contributed by atoms with Crippen LogP contribution in [0.4, 0.5) is 0 Å². The summed E-state index contributed by atoms with van der Waals surface area (Å²) in [5.74, 6) is 1.89. The Morgan fingerprint density at radius 3 is 1.73 bits per heavy atom. The first kappa shape index (κ1) is 30.1. The van der Waals surface area contributed by atoms with Crippen LogP contribution in [0.15, 0.2) is 170 Å². The molecule has 0 aliphatic heterocycles. The molecule has 1 aliphatic carbocycles. The van der Waals surface area contributed by atoms with Crippen molar-refractivity contribution in [3.05, 3.63) is 198 Å². The molecule has 242 valence electrons. The molecule has 0 spiro atoms. The van der Waals surface area contributed by atoms with Gasteiger partial charge >= 0.3 is 0 Å². The third kappa shape index (κ3) is 4.48. The van der Waals surface area contributed by atoms with Gasteiger partial charge in [-0.2, -0.15) is 5.26 Å². The fraction of sp³-hybridized carbons (Fsp3) is 0.0213. The Bertz CT molecular complexity index is 2780. The van der Waals surface area contributed by atoms with Crippen LogP contribution in [0.1, 0.15) is 27.8 Å². The van der Waals surface area contributed by atoms with Crippen molar-refractivity contribution < 1.29 is 0 Å². The number of fused-ring (bicyclic) bond motifs is 7. The number of thiophene rings is 1. The van der Waals surface area contributed by atoms with E-state index in [1.807, 2.05) is 72.8 Å². The number of hydrogen-bond acceptors (Lipinski definition) is 5. The molecule has 5 heteroatoms. The molecule has 1 aliphatic rings. The summed E-state index contributed by atoms with van der Waals surface area (Å²) in [5, 5.41) is 12.2. The first-order valence-electron chi connectivity index (χ1n) is 17.3. The molecular formula is C47H28N4S. The van der Waals surface area contributed by atoms with E-state index in [2.05, 4.69) is 103 Å². The zero-order chi connectivity index (χ0) is 34.6. The molecule has 7 aromatic carbocycles. The lowest BCUT2D eigenvalue weighted by Gasteiger charge is -2.34. The molecular weight excluding hydrogens is 653 g/mol. The average Bonchev–Trinajstić information content (AvgIpc) is 3.75. The molecule has 0 N–H and O–H groups in total. The second-order valence-corrected chi connectivity index (χ2v) is 14.1. The van der Waals surface area contributed by atoms with Gasteiger partial charge in [-0.15, -0.1) is 11.3 Å². The highest BCUT2D eigenvalue weighted by molar-refractivity contribution is 7.26. The summed E-state index contributed by atoms with van der Waals surface area (Å²) >= 11 is 1.79. The molecule has 10 rings (SSSR count). The molecule has 0 radical (unpaired) electrons. The fourth-order valence-corrected chi connectivity index (χ4v) is 9.24. The van der Waals surface area contributed by atoms with Gasteiger partial charge in [-0.1, -0.05) is 146 Å². The molecule has 1 atom stereocenters. The Morgan fingerprint density at radius 2 is 1.06 bits per heavy atom. The van der Waals surface area contributed by atoms with Gasteiger partial charge in [0.2, 0.25) is 0 Å². The normalized spacial score (nSPS) is 14.6. The van der Waals surface area contributed by atoms with Crippen molar-refractivity contribution in [2.24, 2.45) is 0 Å². The van der Waals surface area contributed by atoms with Gasteiger partial charge in [0.15, 0.2) is 17.5 Å². The van der Waals surface area contributed by atoms with Crippen LogP contribution in [0.3, 0.4) is 0 Å². The van der Waals surface area contributed by atoms with Crippen LogP contribution in [0.2, 0.25) is 0 Å². The molecule has 9 aromatic rings. The van der Waals surface area contributed by atoms with Crippen LogP contribution in [-0.2, 0) is 5.41 Å². The lowest BCUT2D eigenvalue weighted by molar-refractivity contribution is 0.769. The lowest BCUT2D eigenvalue weighted by atomic mass is 9.67. The molecule has 4 nitrogen and oxygen atoms in total. The molecule has 0 bridgehead atoms. The van der Waals surface area contributed by atoms with Crippen molar-refractivity contribution in [3.8, 4) is 51.4 Å². The summed E-state index contributed by atoms with van der Waals surface area (Å²) in [6.45, 7) is 0. The van der Waals surface area contributed by atoms with Gasteiger partial charge in [0, 0.05) is 36.9 Å². The monoisotopic (exact) mass is 680 g/mol. The van der Waals surface area contributed by atoms with Crippen LogP contribution in [0, 0.1) is 11.3 Å². The van der Waals surface area contributed by atoms with E-state index in [-0.39, 0.29) is 0 Å². The van der Waals surface area contributed by atoms with Crippen LogP contribution in [0.25, 0.3) is 65.5 Å². The minimum atomic E-state index is -0.676. The Morgan fingerprint density at radius 1 is 0.500 bits per heavy atom. The zero-order valence-electron chi connectivity index (χ0n) is 27.9. The van der Waals surface area contributed by atoms with Crippen molar-refractivity contribution in [2.45, 2.75) is 5.41 Å². The molecule has 52 heavy (non-hydrogen) atoms. The molecule has 0 saturated carbocycles. The topological polar surface area (TPSA) is 62.5 Å². The van der Waals surface area contributed by atoms with Gasteiger partial charge in [-0.25, -0.2) is 15.0 Å². The maximum absolute atomic E-state index is 9.79. The number of nitrogens with zero attached hydrogens (tertiary/aromatic N) is 4. The van der Waals surface area contributed by atoms with Crippen molar-refractivity contribution in [1.29, 1.82) is 5.26 Å². The fourth-order valence-electron chi connectivity index (χ4n) is 8.02. The van der Waals surface area contributed by atoms with Gasteiger partial charge in [0.25, 0.3) is 0 Å². The highest BCUT2D eigenvalue weighted by Crippen LogP contribution is 2.60. The zero-order valence-corrected chi connectivity index (χ0v) is 28.7.